The number of nitrogens with one attached hydrogen (secondary N) is 1. The predicted molar refractivity (Wildman–Crippen MR) is 121 cm³/mol. The lowest BCUT2D eigenvalue weighted by Crippen LogP contribution is -2.33. The molecular formula is C18H23N6O10P2-. The Labute approximate surface area is 203 Å². The van der Waals surface area contributed by atoms with E-state index in [-0.39, 0.29) is 17.0 Å². The average molecular weight is 545 g/mol. The summed E-state index contributed by atoms with van der Waals surface area (Å²) in [6.45, 7) is -0.531. The van der Waals surface area contributed by atoms with E-state index in [1.807, 2.05) is 6.08 Å². The molecule has 2 aromatic heterocycles. The Hall–Kier alpha value is -2.25. The molecule has 196 valence electrons. The molecule has 0 saturated carbocycles. The maximum absolute atomic E-state index is 11.7. The van der Waals surface area contributed by atoms with Crippen molar-refractivity contribution >= 4 is 32.6 Å². The highest BCUT2D eigenvalue weighted by molar-refractivity contribution is 7.60. The number of rotatable bonds is 10. The lowest BCUT2D eigenvalue weighted by atomic mass is 10.1. The van der Waals surface area contributed by atoms with E-state index in [4.69, 9.17) is 20.4 Å². The zero-order valence-corrected chi connectivity index (χ0v) is 20.3. The summed E-state index contributed by atoms with van der Waals surface area (Å²) in [5.41, 5.74) is 7.43. The quantitative estimate of drug-likeness (QED) is 0.158. The van der Waals surface area contributed by atoms with Gasteiger partial charge in [0.15, 0.2) is 11.9 Å². The first-order valence-electron chi connectivity index (χ1n) is 10.6. The molecule has 16 nitrogen and oxygen atoms in total. The second-order valence-corrected chi connectivity index (χ2v) is 10.8. The van der Waals surface area contributed by atoms with Crippen LogP contribution in [-0.2, 0) is 22.7 Å². The minimum Gasteiger partial charge on any atom is -0.582 e. The molecule has 18 heteroatoms. The highest BCUT2D eigenvalue weighted by Crippen LogP contribution is 2.57. The van der Waals surface area contributed by atoms with E-state index < -0.39 is 46.8 Å². The average Bonchev–Trinajstić information content (AvgIpc) is 3.36. The van der Waals surface area contributed by atoms with Gasteiger partial charge in [-0.1, -0.05) is 11.5 Å². The van der Waals surface area contributed by atoms with Gasteiger partial charge in [-0.05, 0) is 30.9 Å². The van der Waals surface area contributed by atoms with E-state index in [1.165, 1.54) is 17.2 Å². The molecule has 3 heterocycles. The Morgan fingerprint density at radius 3 is 2.69 bits per heavy atom. The van der Waals surface area contributed by atoms with Crippen molar-refractivity contribution in [3.63, 3.8) is 0 Å². The van der Waals surface area contributed by atoms with Gasteiger partial charge in [0.25, 0.3) is 0 Å². The van der Waals surface area contributed by atoms with Gasteiger partial charge in [0.2, 0.25) is 0 Å². The Morgan fingerprint density at radius 2 is 2.00 bits per heavy atom. The molecule has 0 aromatic carbocycles. The summed E-state index contributed by atoms with van der Waals surface area (Å²) in [4.78, 5) is 39.3. The first kappa shape index (κ1) is 26.8. The van der Waals surface area contributed by atoms with Gasteiger partial charge in [0.1, 0.15) is 36.0 Å². The van der Waals surface area contributed by atoms with Gasteiger partial charge in [-0.2, -0.15) is 4.31 Å². The van der Waals surface area contributed by atoms with Crippen molar-refractivity contribution < 1.29 is 47.6 Å². The van der Waals surface area contributed by atoms with Gasteiger partial charge in [0.05, 0.1) is 12.9 Å². The number of anilines is 1. The Balaban J connectivity index is 1.48. The van der Waals surface area contributed by atoms with E-state index in [0.29, 0.717) is 13.0 Å². The summed E-state index contributed by atoms with van der Waals surface area (Å²) in [7, 11) is -10.5. The van der Waals surface area contributed by atoms with Gasteiger partial charge in [0, 0.05) is 6.54 Å². The molecule has 4 rings (SSSR count). The van der Waals surface area contributed by atoms with Crippen LogP contribution in [0.2, 0.25) is 0 Å². The maximum atomic E-state index is 11.7. The SMILES string of the molecule is [NH-]N(CCC1=C=C=CCC1)c1ncnc2c1ncn2C1O[C@H](COP(=O)(O)OP(=O)(O)O)[C@@H](O)[C@H]1O. The highest BCUT2D eigenvalue weighted by Gasteiger charge is 2.46. The summed E-state index contributed by atoms with van der Waals surface area (Å²) < 4.78 is 37.5. The minimum atomic E-state index is -5.33. The predicted octanol–water partition coefficient (Wildman–Crippen LogP) is 0.866. The first-order valence-corrected chi connectivity index (χ1v) is 13.6. The van der Waals surface area contributed by atoms with Crippen molar-refractivity contribution in [3.8, 4) is 0 Å². The standard InChI is InChI=1S/C18H23N6O10P2/c19-24(7-6-11-4-2-1-3-5-11)17-13-16(20-9-21-17)23(10-22-13)18-15(26)14(25)12(33-18)8-32-36(30,31)34-35(27,28)29/h1,9-10,12,14-15,18-19,25-26H,2,4,6-8H2,(H,30,31)(H2,27,28,29)/q-1/t12-,14-,15-,18?/m1/s1. The fraction of sp³-hybridized carbons (Fsp3) is 0.500. The molecule has 5 atom stereocenters. The fourth-order valence-electron chi connectivity index (χ4n) is 3.72. The Morgan fingerprint density at radius 1 is 1.22 bits per heavy atom. The number of fused-ring (bicyclic) bond motifs is 1. The van der Waals surface area contributed by atoms with E-state index in [1.54, 1.807) is 0 Å². The number of aliphatic hydroxyl groups is 2. The number of hydrogen-bond acceptors (Lipinski definition) is 11. The van der Waals surface area contributed by atoms with Crippen LogP contribution in [0, 0.1) is 0 Å². The number of phosphoric ester groups is 1. The van der Waals surface area contributed by atoms with Crippen molar-refractivity contribution in [2.75, 3.05) is 18.2 Å². The second-order valence-electron chi connectivity index (χ2n) is 7.92. The molecule has 0 spiro atoms. The number of nitrogens with zero attached hydrogens (tertiary/aromatic N) is 5. The van der Waals surface area contributed by atoms with Crippen LogP contribution in [0.25, 0.3) is 17.0 Å². The minimum absolute atomic E-state index is 0.187. The maximum Gasteiger partial charge on any atom is 0.481 e. The van der Waals surface area contributed by atoms with E-state index in [9.17, 15) is 24.2 Å². The van der Waals surface area contributed by atoms with Gasteiger partial charge < -0.3 is 40.5 Å². The zero-order chi connectivity index (χ0) is 26.1. The van der Waals surface area contributed by atoms with Crippen LogP contribution in [0.3, 0.4) is 0 Å². The number of phosphoric acid groups is 2. The summed E-state index contributed by atoms with van der Waals surface area (Å²) in [5.74, 6) is 8.59. The van der Waals surface area contributed by atoms with E-state index >= 15 is 0 Å². The first-order chi connectivity index (χ1) is 17.0. The summed E-state index contributed by atoms with van der Waals surface area (Å²) in [5, 5.41) is 22.0. The molecule has 1 aliphatic heterocycles. The van der Waals surface area contributed by atoms with Crippen LogP contribution >= 0.6 is 15.6 Å². The van der Waals surface area contributed by atoms with Crippen LogP contribution in [0.4, 0.5) is 5.82 Å². The summed E-state index contributed by atoms with van der Waals surface area (Å²) >= 11 is 0. The van der Waals surface area contributed by atoms with E-state index in [2.05, 4.69) is 35.2 Å². The lowest BCUT2D eigenvalue weighted by molar-refractivity contribution is -0.0503. The molecule has 2 unspecified atom stereocenters. The smallest absolute Gasteiger partial charge is 0.481 e. The molecule has 0 bridgehead atoms. The molecule has 0 radical (unpaired) electrons. The fourth-order valence-corrected chi connectivity index (χ4v) is 5.32. The normalized spacial score (nSPS) is 25.8. The van der Waals surface area contributed by atoms with Crippen molar-refractivity contribution in [2.24, 2.45) is 0 Å². The molecule has 0 amide bonds. The van der Waals surface area contributed by atoms with Crippen LogP contribution < -0.4 is 5.01 Å². The summed E-state index contributed by atoms with van der Waals surface area (Å²) in [6, 6.07) is 0. The topological polar surface area (TPSA) is 234 Å². The van der Waals surface area contributed by atoms with Crippen molar-refractivity contribution in [3.05, 3.63) is 41.6 Å². The van der Waals surface area contributed by atoms with Crippen LogP contribution in [0.1, 0.15) is 25.5 Å². The van der Waals surface area contributed by atoms with Crippen LogP contribution in [0.15, 0.2) is 35.8 Å². The van der Waals surface area contributed by atoms with E-state index in [0.717, 1.165) is 23.4 Å². The molecule has 1 saturated heterocycles. The van der Waals surface area contributed by atoms with Crippen molar-refractivity contribution in [1.29, 1.82) is 0 Å². The highest BCUT2D eigenvalue weighted by atomic mass is 31.3. The molecule has 2 aromatic rings. The molecule has 6 N–H and O–H groups in total. The third-order valence-electron chi connectivity index (χ3n) is 5.40. The molecule has 1 aliphatic carbocycles. The second kappa shape index (κ2) is 10.6. The number of aromatic nitrogens is 4. The molecular weight excluding hydrogens is 522 g/mol. The number of imidazole rings is 1. The largest absolute Gasteiger partial charge is 0.582 e. The lowest BCUT2D eigenvalue weighted by Gasteiger charge is -2.28. The number of aliphatic hydroxyl groups excluding tert-OH is 2. The third kappa shape index (κ3) is 6.17. The zero-order valence-electron chi connectivity index (χ0n) is 18.5. The van der Waals surface area contributed by atoms with Gasteiger partial charge >= 0.3 is 15.6 Å². The van der Waals surface area contributed by atoms with Crippen LogP contribution in [0.5, 0.6) is 0 Å². The molecule has 2 aliphatic rings. The van der Waals surface area contributed by atoms with Gasteiger partial charge in [-0.15, -0.1) is 0 Å². The van der Waals surface area contributed by atoms with Crippen molar-refractivity contribution in [1.82, 2.24) is 19.5 Å². The molecule has 36 heavy (non-hydrogen) atoms. The Bertz CT molecular complexity index is 1320. The number of allylic oxidation sites excluding steroid dienone is 1. The number of ether oxygens (including phenoxy) is 1. The summed E-state index contributed by atoms with van der Waals surface area (Å²) in [6.07, 6.45) is 0.873. The van der Waals surface area contributed by atoms with Crippen LogP contribution in [-0.4, -0.2) is 75.9 Å². The monoisotopic (exact) mass is 545 g/mol. The third-order valence-corrected chi connectivity index (χ3v) is 7.55. The number of hydrogen-bond donors (Lipinski definition) is 5. The van der Waals surface area contributed by atoms with Crippen molar-refractivity contribution in [2.45, 2.75) is 43.8 Å². The molecule has 1 fully saturated rings. The Kier molecular flexibility index (Phi) is 7.91. The van der Waals surface area contributed by atoms with Gasteiger partial charge in [-0.3, -0.25) is 9.09 Å². The van der Waals surface area contributed by atoms with Gasteiger partial charge in [-0.25, -0.2) is 24.1 Å².